The molecule has 154 valence electrons. The second kappa shape index (κ2) is 9.76. The molecule has 0 saturated carbocycles. The number of rotatable bonds is 6. The Balaban J connectivity index is 1.63. The molecule has 2 aromatic carbocycles. The van der Waals surface area contributed by atoms with E-state index in [-0.39, 0.29) is 6.04 Å². The van der Waals surface area contributed by atoms with Crippen LogP contribution in [0.15, 0.2) is 48.5 Å². The molecule has 1 fully saturated rings. The molecule has 0 aliphatic carbocycles. The number of amides is 2. The van der Waals surface area contributed by atoms with E-state index in [1.807, 2.05) is 14.1 Å². The molecule has 2 amide bonds. The van der Waals surface area contributed by atoms with Gasteiger partial charge in [0.25, 0.3) is 0 Å². The number of benzene rings is 2. The Kier molecular flexibility index (Phi) is 7.12. The molecule has 29 heavy (non-hydrogen) atoms. The average molecular weight is 416 g/mol. The first-order valence-electron chi connectivity index (χ1n) is 9.90. The summed E-state index contributed by atoms with van der Waals surface area (Å²) in [5.74, 6) is -1.31. The summed E-state index contributed by atoms with van der Waals surface area (Å²) in [4.78, 5) is 28.1. The summed E-state index contributed by atoms with van der Waals surface area (Å²) in [6, 6.07) is 15.2. The fourth-order valence-corrected chi connectivity index (χ4v) is 3.80. The number of nitrogens with zero attached hydrogens (tertiary/aromatic N) is 1. The number of likely N-dealkylation sites (tertiary alicyclic amines) is 1. The molecule has 0 radical (unpaired) electrons. The minimum Gasteiger partial charge on any atom is -0.378 e. The minimum atomic E-state index is -0.676. The molecule has 7 heteroatoms. The highest BCUT2D eigenvalue weighted by molar-refractivity contribution is 6.39. The summed E-state index contributed by atoms with van der Waals surface area (Å²) in [6.07, 6.45) is 2.37. The molecular formula is C22H28ClN4O2+. The lowest BCUT2D eigenvalue weighted by molar-refractivity contribution is -0.918. The van der Waals surface area contributed by atoms with Crippen LogP contribution in [0.3, 0.4) is 0 Å². The van der Waals surface area contributed by atoms with E-state index in [2.05, 4.69) is 39.8 Å². The van der Waals surface area contributed by atoms with Crippen LogP contribution in [0.4, 0.5) is 11.4 Å². The normalized spacial score (nSPS) is 15.0. The van der Waals surface area contributed by atoms with Gasteiger partial charge in [-0.25, -0.2) is 0 Å². The van der Waals surface area contributed by atoms with Gasteiger partial charge >= 0.3 is 11.8 Å². The Hall–Kier alpha value is -2.57. The molecule has 3 rings (SSSR count). The number of carbonyl (C=O) groups excluding carboxylic acids is 2. The summed E-state index contributed by atoms with van der Waals surface area (Å²) in [7, 11) is 4.02. The van der Waals surface area contributed by atoms with Crippen molar-refractivity contribution in [2.75, 3.05) is 43.9 Å². The zero-order chi connectivity index (χ0) is 20.8. The topological polar surface area (TPSA) is 65.9 Å². The van der Waals surface area contributed by atoms with Crippen LogP contribution in [-0.2, 0) is 9.59 Å². The van der Waals surface area contributed by atoms with E-state index in [9.17, 15) is 9.59 Å². The van der Waals surface area contributed by atoms with Crippen LogP contribution in [0, 0.1) is 0 Å². The van der Waals surface area contributed by atoms with Gasteiger partial charge in [-0.15, -0.1) is 0 Å². The van der Waals surface area contributed by atoms with E-state index in [0.29, 0.717) is 17.3 Å². The first-order chi connectivity index (χ1) is 13.9. The van der Waals surface area contributed by atoms with Gasteiger partial charge in [-0.1, -0.05) is 23.7 Å². The van der Waals surface area contributed by atoms with Crippen molar-refractivity contribution in [2.45, 2.75) is 18.9 Å². The first-order valence-corrected chi connectivity index (χ1v) is 10.3. The van der Waals surface area contributed by atoms with Crippen molar-refractivity contribution in [2.24, 2.45) is 0 Å². The minimum absolute atomic E-state index is 0.126. The van der Waals surface area contributed by atoms with E-state index < -0.39 is 11.8 Å². The third-order valence-electron chi connectivity index (χ3n) is 5.33. The van der Waals surface area contributed by atoms with Gasteiger partial charge in [0, 0.05) is 48.9 Å². The fourth-order valence-electron chi connectivity index (χ4n) is 3.68. The number of carbonyl (C=O) groups is 2. The number of nitrogens with one attached hydrogen (secondary N) is 3. The van der Waals surface area contributed by atoms with Gasteiger partial charge < -0.3 is 20.4 Å². The monoisotopic (exact) mass is 415 g/mol. The van der Waals surface area contributed by atoms with Gasteiger partial charge in [0.05, 0.1) is 19.6 Å². The molecule has 2 aromatic rings. The predicted molar refractivity (Wildman–Crippen MR) is 117 cm³/mol. The number of hydrogen-bond donors (Lipinski definition) is 3. The van der Waals surface area contributed by atoms with Crippen LogP contribution in [0.1, 0.15) is 24.4 Å². The largest absolute Gasteiger partial charge is 0.378 e. The first kappa shape index (κ1) is 21.1. The Bertz CT molecular complexity index is 831. The zero-order valence-corrected chi connectivity index (χ0v) is 17.6. The van der Waals surface area contributed by atoms with Crippen LogP contribution in [0.5, 0.6) is 0 Å². The number of quaternary nitrogens is 1. The Morgan fingerprint density at radius 1 is 1.00 bits per heavy atom. The van der Waals surface area contributed by atoms with E-state index >= 15 is 0 Å². The van der Waals surface area contributed by atoms with E-state index in [0.717, 1.165) is 18.8 Å². The highest BCUT2D eigenvalue weighted by Crippen LogP contribution is 2.17. The molecule has 3 N–H and O–H groups in total. The van der Waals surface area contributed by atoms with Gasteiger partial charge in [-0.05, 0) is 36.4 Å². The Morgan fingerprint density at radius 2 is 1.62 bits per heavy atom. The second-order valence-corrected chi connectivity index (χ2v) is 8.01. The highest BCUT2D eigenvalue weighted by atomic mass is 35.5. The van der Waals surface area contributed by atoms with Crippen LogP contribution < -0.4 is 20.4 Å². The third kappa shape index (κ3) is 5.71. The number of hydrogen-bond acceptors (Lipinski definition) is 3. The maximum Gasteiger partial charge on any atom is 0.313 e. The lowest BCUT2D eigenvalue weighted by atomic mass is 10.0. The van der Waals surface area contributed by atoms with Gasteiger partial charge in [0.2, 0.25) is 0 Å². The molecular weight excluding hydrogens is 388 g/mol. The summed E-state index contributed by atoms with van der Waals surface area (Å²) in [6.45, 7) is 2.57. The van der Waals surface area contributed by atoms with Gasteiger partial charge in [0.1, 0.15) is 6.04 Å². The van der Waals surface area contributed by atoms with Crippen LogP contribution in [-0.4, -0.2) is 45.5 Å². The molecule has 1 saturated heterocycles. The molecule has 1 atom stereocenters. The summed E-state index contributed by atoms with van der Waals surface area (Å²) < 4.78 is 0. The van der Waals surface area contributed by atoms with Crippen molar-refractivity contribution in [3.05, 3.63) is 59.1 Å². The second-order valence-electron chi connectivity index (χ2n) is 7.57. The molecule has 0 unspecified atom stereocenters. The number of halogens is 1. The van der Waals surface area contributed by atoms with E-state index in [1.165, 1.54) is 23.3 Å². The highest BCUT2D eigenvalue weighted by Gasteiger charge is 2.28. The van der Waals surface area contributed by atoms with Crippen molar-refractivity contribution in [1.29, 1.82) is 0 Å². The lowest BCUT2D eigenvalue weighted by Gasteiger charge is -2.25. The summed E-state index contributed by atoms with van der Waals surface area (Å²) in [5.41, 5.74) is 2.84. The summed E-state index contributed by atoms with van der Waals surface area (Å²) >= 11 is 5.85. The molecule has 1 heterocycles. The van der Waals surface area contributed by atoms with E-state index in [4.69, 9.17) is 11.6 Å². The fraction of sp³-hybridized carbons (Fsp3) is 0.364. The van der Waals surface area contributed by atoms with Crippen LogP contribution in [0.25, 0.3) is 0 Å². The Morgan fingerprint density at radius 3 is 2.21 bits per heavy atom. The third-order valence-corrected chi connectivity index (χ3v) is 5.58. The molecule has 0 spiro atoms. The Labute approximate surface area is 176 Å². The van der Waals surface area contributed by atoms with Crippen LogP contribution >= 0.6 is 11.6 Å². The van der Waals surface area contributed by atoms with E-state index in [1.54, 1.807) is 24.3 Å². The average Bonchev–Trinajstić information content (AvgIpc) is 3.24. The lowest BCUT2D eigenvalue weighted by Crippen LogP contribution is -3.11. The van der Waals surface area contributed by atoms with Gasteiger partial charge in [0.15, 0.2) is 0 Å². The van der Waals surface area contributed by atoms with Crippen LogP contribution in [0.2, 0.25) is 5.02 Å². The van der Waals surface area contributed by atoms with Crippen molar-refractivity contribution in [3.8, 4) is 0 Å². The summed E-state index contributed by atoms with van der Waals surface area (Å²) in [5, 5.41) is 5.99. The molecule has 1 aliphatic heterocycles. The zero-order valence-electron chi connectivity index (χ0n) is 16.9. The van der Waals surface area contributed by atoms with Crippen molar-refractivity contribution in [1.82, 2.24) is 5.32 Å². The van der Waals surface area contributed by atoms with Gasteiger partial charge in [-0.3, -0.25) is 9.59 Å². The quantitative estimate of drug-likeness (QED) is 0.631. The number of anilines is 2. The maximum absolute atomic E-state index is 12.3. The van der Waals surface area contributed by atoms with Crippen molar-refractivity contribution < 1.29 is 14.5 Å². The SMILES string of the molecule is CN(C)c1ccc([C@H](CNC(=O)C(=O)Nc2ccc(Cl)cc2)[NH+]2CCCC2)cc1. The van der Waals surface area contributed by atoms with Crippen molar-refractivity contribution in [3.63, 3.8) is 0 Å². The maximum atomic E-state index is 12.3. The molecule has 0 bridgehead atoms. The molecule has 0 aromatic heterocycles. The molecule has 1 aliphatic rings. The predicted octanol–water partition coefficient (Wildman–Crippen LogP) is 1.88. The van der Waals surface area contributed by atoms with Gasteiger partial charge in [-0.2, -0.15) is 0 Å². The standard InChI is InChI=1S/C22H27ClN4O2/c1-26(2)19-11-5-16(6-12-19)20(27-13-3-4-14-27)15-24-21(28)22(29)25-18-9-7-17(23)8-10-18/h5-12,20H,3-4,13-15H2,1-2H3,(H,24,28)(H,25,29)/p+1/t20-/m0/s1. The molecule has 6 nitrogen and oxygen atoms in total. The smallest absolute Gasteiger partial charge is 0.313 e. The van der Waals surface area contributed by atoms with Crippen molar-refractivity contribution >= 4 is 34.8 Å².